The SMILES string of the molecule is Nc1cc(C(=O)NN=Cc2ccc(O)c(O)c2)cc([N+](=O)[O-])c1. The fourth-order valence-corrected chi connectivity index (χ4v) is 1.72. The van der Waals surface area contributed by atoms with Gasteiger partial charge in [-0.1, -0.05) is 0 Å². The first kappa shape index (κ1) is 15.8. The van der Waals surface area contributed by atoms with Gasteiger partial charge in [-0.3, -0.25) is 14.9 Å². The Bertz CT molecular complexity index is 804. The van der Waals surface area contributed by atoms with E-state index >= 15 is 0 Å². The number of nitrogens with zero attached hydrogens (tertiary/aromatic N) is 2. The number of aromatic hydroxyl groups is 2. The highest BCUT2D eigenvalue weighted by atomic mass is 16.6. The third-order valence-electron chi connectivity index (χ3n) is 2.79. The summed E-state index contributed by atoms with van der Waals surface area (Å²) in [5.74, 6) is -1.29. The topological polar surface area (TPSA) is 151 Å². The largest absolute Gasteiger partial charge is 0.504 e. The van der Waals surface area contributed by atoms with E-state index in [2.05, 4.69) is 10.5 Å². The molecular weight excluding hydrogens is 304 g/mol. The standard InChI is InChI=1S/C14H12N4O5/c15-10-4-9(5-11(6-10)18(22)23)14(21)17-16-7-8-1-2-12(19)13(20)3-8/h1-7,19-20H,15H2,(H,17,21). The number of nitrogen functional groups attached to an aromatic ring is 1. The van der Waals surface area contributed by atoms with Gasteiger partial charge in [-0.25, -0.2) is 5.43 Å². The van der Waals surface area contributed by atoms with Crippen molar-refractivity contribution in [2.45, 2.75) is 0 Å². The van der Waals surface area contributed by atoms with Crippen molar-refractivity contribution in [3.8, 4) is 11.5 Å². The molecule has 1 amide bonds. The van der Waals surface area contributed by atoms with E-state index in [-0.39, 0.29) is 28.4 Å². The van der Waals surface area contributed by atoms with Crippen LogP contribution in [0.3, 0.4) is 0 Å². The minimum atomic E-state index is -0.681. The summed E-state index contributed by atoms with van der Waals surface area (Å²) in [6.45, 7) is 0. The molecule has 2 rings (SSSR count). The Morgan fingerprint density at radius 3 is 2.61 bits per heavy atom. The van der Waals surface area contributed by atoms with Gasteiger partial charge in [0.1, 0.15) is 0 Å². The van der Waals surface area contributed by atoms with Crippen LogP contribution in [-0.2, 0) is 0 Å². The van der Waals surface area contributed by atoms with Crippen molar-refractivity contribution in [2.75, 3.05) is 5.73 Å². The maximum atomic E-state index is 11.9. The second-order valence-corrected chi connectivity index (χ2v) is 4.52. The fraction of sp³-hybridized carbons (Fsp3) is 0. The first-order valence-corrected chi connectivity index (χ1v) is 6.27. The molecule has 0 radical (unpaired) electrons. The minimum Gasteiger partial charge on any atom is -0.504 e. The molecule has 0 aromatic heterocycles. The summed E-state index contributed by atoms with van der Waals surface area (Å²) in [6.07, 6.45) is 1.23. The van der Waals surface area contributed by atoms with Crippen LogP contribution in [-0.4, -0.2) is 27.3 Å². The number of carbonyl (C=O) groups is 1. The number of carbonyl (C=O) groups excluding carboxylic acids is 1. The number of amides is 1. The lowest BCUT2D eigenvalue weighted by atomic mass is 10.1. The molecular formula is C14H12N4O5. The Balaban J connectivity index is 2.11. The van der Waals surface area contributed by atoms with Crippen LogP contribution in [0.4, 0.5) is 11.4 Å². The number of non-ortho nitro benzene ring substituents is 1. The van der Waals surface area contributed by atoms with Gasteiger partial charge in [-0.2, -0.15) is 5.10 Å². The Hall–Kier alpha value is -3.62. The van der Waals surface area contributed by atoms with Crippen molar-refractivity contribution >= 4 is 23.5 Å². The fourth-order valence-electron chi connectivity index (χ4n) is 1.72. The molecule has 0 aliphatic heterocycles. The van der Waals surface area contributed by atoms with Crippen molar-refractivity contribution in [1.29, 1.82) is 0 Å². The monoisotopic (exact) mass is 316 g/mol. The third kappa shape index (κ3) is 3.94. The molecule has 2 aromatic carbocycles. The predicted molar refractivity (Wildman–Crippen MR) is 82.3 cm³/mol. The summed E-state index contributed by atoms with van der Waals surface area (Å²) in [6, 6.07) is 7.48. The quantitative estimate of drug-likeness (QED) is 0.220. The Morgan fingerprint density at radius 2 is 1.96 bits per heavy atom. The van der Waals surface area contributed by atoms with E-state index in [0.29, 0.717) is 5.56 Å². The van der Waals surface area contributed by atoms with E-state index in [1.54, 1.807) is 0 Å². The molecule has 9 heteroatoms. The first-order valence-electron chi connectivity index (χ1n) is 6.27. The smallest absolute Gasteiger partial charge is 0.272 e. The summed E-state index contributed by atoms with van der Waals surface area (Å²) in [5, 5.41) is 32.9. The molecule has 0 saturated carbocycles. The van der Waals surface area contributed by atoms with Crippen molar-refractivity contribution in [3.63, 3.8) is 0 Å². The van der Waals surface area contributed by atoms with Gasteiger partial charge in [0.05, 0.1) is 16.7 Å². The molecule has 118 valence electrons. The van der Waals surface area contributed by atoms with Crippen LogP contribution in [0.1, 0.15) is 15.9 Å². The number of hydrogen-bond acceptors (Lipinski definition) is 7. The maximum absolute atomic E-state index is 11.9. The van der Waals surface area contributed by atoms with Gasteiger partial charge in [0.2, 0.25) is 0 Å². The predicted octanol–water partition coefficient (Wildman–Crippen LogP) is 1.35. The Morgan fingerprint density at radius 1 is 1.22 bits per heavy atom. The van der Waals surface area contributed by atoms with Crippen LogP contribution in [0.5, 0.6) is 11.5 Å². The molecule has 0 aliphatic rings. The summed E-state index contributed by atoms with van der Waals surface area (Å²) in [7, 11) is 0. The highest BCUT2D eigenvalue weighted by molar-refractivity contribution is 5.96. The lowest BCUT2D eigenvalue weighted by Gasteiger charge is -2.02. The number of rotatable bonds is 4. The molecule has 0 spiro atoms. The highest BCUT2D eigenvalue weighted by Gasteiger charge is 2.13. The van der Waals surface area contributed by atoms with E-state index in [4.69, 9.17) is 5.73 Å². The molecule has 0 bridgehead atoms. The van der Waals surface area contributed by atoms with Gasteiger partial charge >= 0.3 is 0 Å². The zero-order chi connectivity index (χ0) is 17.0. The van der Waals surface area contributed by atoms with Crippen molar-refractivity contribution in [2.24, 2.45) is 5.10 Å². The molecule has 0 atom stereocenters. The van der Waals surface area contributed by atoms with Crippen LogP contribution in [0.2, 0.25) is 0 Å². The van der Waals surface area contributed by atoms with Gasteiger partial charge in [-0.15, -0.1) is 0 Å². The number of hydrogen-bond donors (Lipinski definition) is 4. The van der Waals surface area contributed by atoms with Crippen molar-refractivity contribution in [1.82, 2.24) is 5.43 Å². The van der Waals surface area contributed by atoms with Crippen LogP contribution < -0.4 is 11.2 Å². The number of phenolic OH excluding ortho intramolecular Hbond substituents is 2. The second-order valence-electron chi connectivity index (χ2n) is 4.52. The third-order valence-corrected chi connectivity index (χ3v) is 2.79. The van der Waals surface area contributed by atoms with Gasteiger partial charge in [0, 0.05) is 17.8 Å². The summed E-state index contributed by atoms with van der Waals surface area (Å²) >= 11 is 0. The van der Waals surface area contributed by atoms with Gasteiger partial charge in [0.15, 0.2) is 11.5 Å². The van der Waals surface area contributed by atoms with E-state index in [9.17, 15) is 25.1 Å². The molecule has 2 aromatic rings. The van der Waals surface area contributed by atoms with E-state index < -0.39 is 10.8 Å². The summed E-state index contributed by atoms with van der Waals surface area (Å²) < 4.78 is 0. The molecule has 0 fully saturated rings. The summed E-state index contributed by atoms with van der Waals surface area (Å²) in [5.41, 5.74) is 7.89. The first-order chi connectivity index (χ1) is 10.9. The number of hydrazone groups is 1. The van der Waals surface area contributed by atoms with Crippen LogP contribution in [0.25, 0.3) is 0 Å². The number of anilines is 1. The van der Waals surface area contributed by atoms with E-state index in [1.807, 2.05) is 0 Å². The average molecular weight is 316 g/mol. The van der Waals surface area contributed by atoms with E-state index in [1.165, 1.54) is 30.5 Å². The lowest BCUT2D eigenvalue weighted by molar-refractivity contribution is -0.384. The lowest BCUT2D eigenvalue weighted by Crippen LogP contribution is -2.18. The second kappa shape index (κ2) is 6.43. The zero-order valence-electron chi connectivity index (χ0n) is 11.6. The van der Waals surface area contributed by atoms with Gasteiger partial charge < -0.3 is 15.9 Å². The van der Waals surface area contributed by atoms with Gasteiger partial charge in [0.25, 0.3) is 11.6 Å². The molecule has 0 saturated heterocycles. The summed E-state index contributed by atoms with van der Waals surface area (Å²) in [4.78, 5) is 22.0. The normalized spacial score (nSPS) is 10.6. The molecule has 0 unspecified atom stereocenters. The molecule has 0 aliphatic carbocycles. The number of nitrogens with two attached hydrogens (primary N) is 1. The number of benzene rings is 2. The van der Waals surface area contributed by atoms with E-state index in [0.717, 1.165) is 12.1 Å². The number of nitro groups is 1. The minimum absolute atomic E-state index is 0.0117. The Kier molecular flexibility index (Phi) is 4.41. The van der Waals surface area contributed by atoms with Crippen LogP contribution in [0, 0.1) is 10.1 Å². The maximum Gasteiger partial charge on any atom is 0.272 e. The molecule has 23 heavy (non-hydrogen) atoms. The van der Waals surface area contributed by atoms with Crippen LogP contribution in [0.15, 0.2) is 41.5 Å². The highest BCUT2D eigenvalue weighted by Crippen LogP contribution is 2.24. The molecule has 9 nitrogen and oxygen atoms in total. The number of phenols is 2. The average Bonchev–Trinajstić information content (AvgIpc) is 2.50. The molecule has 5 N–H and O–H groups in total. The zero-order valence-corrected chi connectivity index (χ0v) is 11.6. The Labute approximate surface area is 129 Å². The van der Waals surface area contributed by atoms with Crippen molar-refractivity contribution < 1.29 is 19.9 Å². The van der Waals surface area contributed by atoms with Crippen molar-refractivity contribution in [3.05, 3.63) is 57.6 Å². The van der Waals surface area contributed by atoms with Gasteiger partial charge in [-0.05, 0) is 29.8 Å². The number of nitrogens with one attached hydrogen (secondary N) is 1. The number of nitro benzene ring substituents is 1. The molecule has 0 heterocycles. The van der Waals surface area contributed by atoms with Crippen LogP contribution >= 0.6 is 0 Å².